The van der Waals surface area contributed by atoms with Crippen LogP contribution in [0.5, 0.6) is 5.75 Å². The minimum atomic E-state index is -2.98. The monoisotopic (exact) mass is 349 g/mol. The third-order valence-electron chi connectivity index (χ3n) is 2.83. The molecule has 0 aliphatic rings. The van der Waals surface area contributed by atoms with Crippen LogP contribution in [0.15, 0.2) is 29.4 Å². The first-order chi connectivity index (χ1) is 11.3. The summed E-state index contributed by atoms with van der Waals surface area (Å²) in [6.07, 6.45) is 0. The summed E-state index contributed by atoms with van der Waals surface area (Å²) in [4.78, 5) is 2.40. The van der Waals surface area contributed by atoms with Gasteiger partial charge in [-0.1, -0.05) is 0 Å². The molecular weight excluding hydrogens is 340 g/mol. The number of hydrogen-bond acceptors (Lipinski definition) is 4. The molecule has 0 saturated heterocycles. The number of ether oxygens (including phenoxy) is 1. The first kappa shape index (κ1) is 17.6. The lowest BCUT2D eigenvalue weighted by atomic mass is 10.1. The summed E-state index contributed by atoms with van der Waals surface area (Å²) in [5.74, 6) is -7.20. The minimum Gasteiger partial charge on any atom is -0.435 e. The summed E-state index contributed by atoms with van der Waals surface area (Å²) in [5, 5.41) is 3.60. The molecule has 2 rings (SSSR count). The predicted molar refractivity (Wildman–Crippen MR) is 73.0 cm³/mol. The molecule has 4 nitrogen and oxygen atoms in total. The van der Waals surface area contributed by atoms with E-state index in [0.717, 1.165) is 0 Å². The van der Waals surface area contributed by atoms with Gasteiger partial charge < -0.3 is 4.74 Å². The van der Waals surface area contributed by atoms with Gasteiger partial charge in [0.05, 0.1) is 5.71 Å². The predicted octanol–water partition coefficient (Wildman–Crippen LogP) is 4.08. The maximum absolute atomic E-state index is 13.4. The van der Waals surface area contributed by atoms with E-state index in [0.29, 0.717) is 5.56 Å². The molecule has 2 aromatic rings. The zero-order valence-electron chi connectivity index (χ0n) is 12.0. The van der Waals surface area contributed by atoms with Crippen molar-refractivity contribution in [2.75, 3.05) is 5.43 Å². The van der Waals surface area contributed by atoms with Crippen molar-refractivity contribution in [3.05, 3.63) is 53.4 Å². The van der Waals surface area contributed by atoms with Crippen LogP contribution < -0.4 is 10.2 Å². The SMILES string of the molecule is C/C(=N\Nc1c(F)c(F)nc(F)c1F)c1ccc(OC(F)F)cc1. The molecule has 0 amide bonds. The highest BCUT2D eigenvalue weighted by molar-refractivity contribution is 5.99. The third-order valence-corrected chi connectivity index (χ3v) is 2.83. The van der Waals surface area contributed by atoms with E-state index in [4.69, 9.17) is 0 Å². The molecule has 0 unspecified atom stereocenters. The Balaban J connectivity index is 2.21. The molecule has 0 spiro atoms. The number of nitrogens with zero attached hydrogens (tertiary/aromatic N) is 2. The number of halogens is 6. The van der Waals surface area contributed by atoms with Gasteiger partial charge >= 0.3 is 6.61 Å². The molecule has 0 saturated carbocycles. The number of anilines is 1. The van der Waals surface area contributed by atoms with Crippen LogP contribution in [-0.2, 0) is 0 Å². The van der Waals surface area contributed by atoms with Crippen LogP contribution in [-0.4, -0.2) is 17.3 Å². The highest BCUT2D eigenvalue weighted by Gasteiger charge is 2.20. The molecule has 1 heterocycles. The fourth-order valence-corrected chi connectivity index (χ4v) is 1.67. The fourth-order valence-electron chi connectivity index (χ4n) is 1.67. The zero-order valence-corrected chi connectivity index (χ0v) is 12.0. The van der Waals surface area contributed by atoms with E-state index in [1.165, 1.54) is 31.2 Å². The first-order valence-electron chi connectivity index (χ1n) is 6.35. The normalized spacial score (nSPS) is 11.8. The van der Waals surface area contributed by atoms with Crippen molar-refractivity contribution >= 4 is 11.4 Å². The van der Waals surface area contributed by atoms with Gasteiger partial charge in [0, 0.05) is 0 Å². The van der Waals surface area contributed by atoms with Crippen LogP contribution in [0.4, 0.5) is 32.0 Å². The molecule has 0 fully saturated rings. The Bertz CT molecular complexity index is 738. The molecule has 1 aromatic carbocycles. The van der Waals surface area contributed by atoms with Crippen LogP contribution in [0, 0.1) is 23.5 Å². The van der Waals surface area contributed by atoms with Crippen molar-refractivity contribution in [3.8, 4) is 5.75 Å². The highest BCUT2D eigenvalue weighted by Crippen LogP contribution is 2.22. The average Bonchev–Trinajstić information content (AvgIpc) is 2.53. The lowest BCUT2D eigenvalue weighted by Gasteiger charge is -2.08. The van der Waals surface area contributed by atoms with Crippen LogP contribution in [0.25, 0.3) is 0 Å². The van der Waals surface area contributed by atoms with E-state index in [1.54, 1.807) is 0 Å². The van der Waals surface area contributed by atoms with Gasteiger partial charge in [-0.15, -0.1) is 0 Å². The molecule has 0 radical (unpaired) electrons. The van der Waals surface area contributed by atoms with Crippen LogP contribution >= 0.6 is 0 Å². The van der Waals surface area contributed by atoms with Crippen molar-refractivity contribution in [1.29, 1.82) is 0 Å². The van der Waals surface area contributed by atoms with Crippen LogP contribution in [0.2, 0.25) is 0 Å². The standard InChI is InChI=1S/C14H9F6N3O/c1-6(7-2-4-8(5-3-7)24-14(19)20)22-23-11-9(15)12(17)21-13(18)10(11)16/h2-5,14H,1H3,(H,21,23)/b22-6+. The molecule has 10 heteroatoms. The molecule has 0 bridgehead atoms. The van der Waals surface area contributed by atoms with Crippen LogP contribution in [0.1, 0.15) is 12.5 Å². The maximum Gasteiger partial charge on any atom is 0.387 e. The van der Waals surface area contributed by atoms with Crippen LogP contribution in [0.3, 0.4) is 0 Å². The quantitative estimate of drug-likeness (QED) is 0.383. The summed E-state index contributed by atoms with van der Waals surface area (Å²) >= 11 is 0. The van der Waals surface area contributed by atoms with Crippen molar-refractivity contribution in [2.45, 2.75) is 13.5 Å². The van der Waals surface area contributed by atoms with Gasteiger partial charge in [0.15, 0.2) is 0 Å². The average molecular weight is 349 g/mol. The molecular formula is C14H9F6N3O. The summed E-state index contributed by atoms with van der Waals surface area (Å²) in [7, 11) is 0. The van der Waals surface area contributed by atoms with E-state index >= 15 is 0 Å². The number of aromatic nitrogens is 1. The van der Waals surface area contributed by atoms with E-state index in [1.807, 2.05) is 5.43 Å². The topological polar surface area (TPSA) is 46.5 Å². The van der Waals surface area contributed by atoms with E-state index in [9.17, 15) is 26.3 Å². The lowest BCUT2D eigenvalue weighted by molar-refractivity contribution is -0.0498. The van der Waals surface area contributed by atoms with E-state index in [-0.39, 0.29) is 11.5 Å². The number of alkyl halides is 2. The molecule has 0 atom stereocenters. The van der Waals surface area contributed by atoms with E-state index < -0.39 is 35.8 Å². The summed E-state index contributed by atoms with van der Waals surface area (Å²) in [6, 6.07) is 5.18. The van der Waals surface area contributed by atoms with Gasteiger partial charge in [-0.05, 0) is 36.8 Å². The minimum absolute atomic E-state index is 0.0927. The Kier molecular flexibility index (Phi) is 5.27. The Labute approximate surface area is 131 Å². The smallest absolute Gasteiger partial charge is 0.387 e. The van der Waals surface area contributed by atoms with Gasteiger partial charge in [0.2, 0.25) is 11.6 Å². The number of benzene rings is 1. The molecule has 128 valence electrons. The number of nitrogens with one attached hydrogen (secondary N) is 1. The van der Waals surface area contributed by atoms with Crippen molar-refractivity contribution < 1.29 is 31.1 Å². The molecule has 24 heavy (non-hydrogen) atoms. The molecule has 1 aromatic heterocycles. The number of rotatable bonds is 5. The number of hydrogen-bond donors (Lipinski definition) is 1. The van der Waals surface area contributed by atoms with Gasteiger partial charge in [-0.25, -0.2) is 0 Å². The number of hydrazone groups is 1. The van der Waals surface area contributed by atoms with Gasteiger partial charge in [0.25, 0.3) is 11.9 Å². The molecule has 1 N–H and O–H groups in total. The Morgan fingerprint density at radius 2 is 1.58 bits per heavy atom. The molecule has 0 aliphatic carbocycles. The lowest BCUT2D eigenvalue weighted by Crippen LogP contribution is -2.08. The Morgan fingerprint density at radius 1 is 1.04 bits per heavy atom. The molecule has 0 aliphatic heterocycles. The second kappa shape index (κ2) is 7.20. The maximum atomic E-state index is 13.4. The van der Waals surface area contributed by atoms with Gasteiger partial charge in [0.1, 0.15) is 11.4 Å². The number of pyridine rings is 1. The first-order valence-corrected chi connectivity index (χ1v) is 6.35. The van der Waals surface area contributed by atoms with Gasteiger partial charge in [-0.3, -0.25) is 5.43 Å². The third kappa shape index (κ3) is 3.94. The van der Waals surface area contributed by atoms with Crippen molar-refractivity contribution in [1.82, 2.24) is 4.98 Å². The summed E-state index contributed by atoms with van der Waals surface area (Å²) in [5.41, 5.74) is 1.28. The Hall–Kier alpha value is -2.78. The van der Waals surface area contributed by atoms with Crippen molar-refractivity contribution in [2.24, 2.45) is 5.10 Å². The largest absolute Gasteiger partial charge is 0.435 e. The summed E-state index contributed by atoms with van der Waals surface area (Å²) in [6.45, 7) is -1.56. The second-order valence-corrected chi connectivity index (χ2v) is 4.41. The van der Waals surface area contributed by atoms with E-state index in [2.05, 4.69) is 14.8 Å². The van der Waals surface area contributed by atoms with Gasteiger partial charge in [-0.2, -0.15) is 36.4 Å². The zero-order chi connectivity index (χ0) is 17.9. The summed E-state index contributed by atoms with van der Waals surface area (Å²) < 4.78 is 81.0. The Morgan fingerprint density at radius 3 is 2.08 bits per heavy atom. The second-order valence-electron chi connectivity index (χ2n) is 4.41. The fraction of sp³-hybridized carbons (Fsp3) is 0.143. The highest BCUT2D eigenvalue weighted by atomic mass is 19.3. The van der Waals surface area contributed by atoms with Crippen molar-refractivity contribution in [3.63, 3.8) is 0 Å².